The Morgan fingerprint density at radius 1 is 0.482 bits per heavy atom. The third-order valence-corrected chi connectivity index (χ3v) is 13.2. The van der Waals surface area contributed by atoms with Gasteiger partial charge >= 0.3 is 11.9 Å². The Balaban J connectivity index is 0.000000172. The standard InChI is InChI=1S/2C26H30O2/c1-4-25(2,3)24(27)28-26(16-10-5-11-17-26)23-21-14-8-6-12-19(21)18-20-13-7-9-15-22(20)23;1-4-25(2,3)24(27)28-26(14-8-5-9-15-26)23-13-12-21-16-19-10-6-7-11-20(19)17-22(21)18-23/h6-9,12-15,18H,4-5,10-11,16-17H2,1-3H3;6-7,10-13,16-18H,4-5,8-9,14-15H2,1-3H3. The van der Waals surface area contributed by atoms with Crippen LogP contribution in [0.25, 0.3) is 43.1 Å². The number of esters is 2. The molecule has 56 heavy (non-hydrogen) atoms. The highest BCUT2D eigenvalue weighted by molar-refractivity contribution is 6.03. The van der Waals surface area contributed by atoms with Crippen LogP contribution in [0.2, 0.25) is 0 Å². The van der Waals surface area contributed by atoms with E-state index in [1.54, 1.807) is 0 Å². The summed E-state index contributed by atoms with van der Waals surface area (Å²) < 4.78 is 12.8. The predicted molar refractivity (Wildman–Crippen MR) is 233 cm³/mol. The normalized spacial score (nSPS) is 17.0. The Morgan fingerprint density at radius 3 is 1.38 bits per heavy atom. The second-order valence-corrected chi connectivity index (χ2v) is 17.8. The summed E-state index contributed by atoms with van der Waals surface area (Å²) in [6.45, 7) is 12.1. The minimum atomic E-state index is -0.539. The van der Waals surface area contributed by atoms with Crippen LogP contribution in [-0.4, -0.2) is 11.9 Å². The number of carbonyl (C=O) groups excluding carboxylic acids is 2. The molecule has 2 aliphatic rings. The van der Waals surface area contributed by atoms with E-state index >= 15 is 0 Å². The molecule has 0 saturated heterocycles. The highest BCUT2D eigenvalue weighted by Crippen LogP contribution is 2.48. The minimum absolute atomic E-state index is 0.0736. The van der Waals surface area contributed by atoms with Gasteiger partial charge in [0, 0.05) is 5.56 Å². The second kappa shape index (κ2) is 16.0. The summed E-state index contributed by atoms with van der Waals surface area (Å²) in [6, 6.07) is 38.9. The molecule has 0 heterocycles. The van der Waals surface area contributed by atoms with Gasteiger partial charge in [0.25, 0.3) is 0 Å². The van der Waals surface area contributed by atoms with Gasteiger partial charge in [-0.3, -0.25) is 9.59 Å². The molecule has 2 aliphatic carbocycles. The van der Waals surface area contributed by atoms with Crippen molar-refractivity contribution >= 4 is 55.0 Å². The van der Waals surface area contributed by atoms with Gasteiger partial charge in [-0.05, 0) is 165 Å². The smallest absolute Gasteiger partial charge is 0.312 e. The first-order valence-corrected chi connectivity index (χ1v) is 21.2. The van der Waals surface area contributed by atoms with Crippen LogP contribution in [0, 0.1) is 10.8 Å². The lowest BCUT2D eigenvalue weighted by atomic mass is 9.75. The van der Waals surface area contributed by atoms with Gasteiger partial charge in [-0.25, -0.2) is 0 Å². The Kier molecular flexibility index (Phi) is 11.3. The SMILES string of the molecule is CCC(C)(C)C(=O)OC1(c2c3ccccc3cc3ccccc23)CCCCC1.CCC(C)(C)C(=O)OC1(c2ccc3cc4ccccc4cc3c2)CCCCC1. The third kappa shape index (κ3) is 7.82. The molecule has 0 amide bonds. The first kappa shape index (κ1) is 39.5. The fourth-order valence-electron chi connectivity index (χ4n) is 8.75. The lowest BCUT2D eigenvalue weighted by molar-refractivity contribution is -0.176. The van der Waals surface area contributed by atoms with E-state index in [0.29, 0.717) is 0 Å². The maximum absolute atomic E-state index is 13.2. The molecule has 2 fully saturated rings. The molecule has 0 radical (unpaired) electrons. The van der Waals surface area contributed by atoms with Gasteiger partial charge in [-0.1, -0.05) is 112 Å². The number of hydrogen-bond donors (Lipinski definition) is 0. The molecule has 292 valence electrons. The van der Waals surface area contributed by atoms with Crippen molar-refractivity contribution in [3.63, 3.8) is 0 Å². The van der Waals surface area contributed by atoms with E-state index in [0.717, 1.165) is 69.8 Å². The summed E-state index contributed by atoms with van der Waals surface area (Å²) in [4.78, 5) is 26.2. The van der Waals surface area contributed by atoms with Crippen LogP contribution >= 0.6 is 0 Å². The Bertz CT molecular complexity index is 2300. The van der Waals surface area contributed by atoms with Crippen molar-refractivity contribution in [2.75, 3.05) is 0 Å². The lowest BCUT2D eigenvalue weighted by Crippen LogP contribution is -2.39. The van der Waals surface area contributed by atoms with Gasteiger partial charge < -0.3 is 9.47 Å². The van der Waals surface area contributed by atoms with Gasteiger partial charge in [0.05, 0.1) is 10.8 Å². The van der Waals surface area contributed by atoms with Crippen LogP contribution < -0.4 is 0 Å². The number of fused-ring (bicyclic) bond motifs is 4. The topological polar surface area (TPSA) is 52.6 Å². The first-order chi connectivity index (χ1) is 26.9. The zero-order valence-corrected chi connectivity index (χ0v) is 34.5. The maximum Gasteiger partial charge on any atom is 0.312 e. The fourth-order valence-corrected chi connectivity index (χ4v) is 8.75. The zero-order chi connectivity index (χ0) is 39.6. The summed E-state index contributed by atoms with van der Waals surface area (Å²) in [5.41, 5.74) is 0.419. The van der Waals surface area contributed by atoms with Gasteiger partial charge in [-0.15, -0.1) is 0 Å². The van der Waals surface area contributed by atoms with E-state index in [1.807, 2.05) is 27.7 Å². The average molecular weight is 749 g/mol. The summed E-state index contributed by atoms with van der Waals surface area (Å²) in [5.74, 6) is -0.149. The van der Waals surface area contributed by atoms with E-state index in [2.05, 4.69) is 123 Å². The molecule has 0 atom stereocenters. The molecule has 2 saturated carbocycles. The Hall–Kier alpha value is -4.70. The van der Waals surface area contributed by atoms with Gasteiger partial charge in [0.15, 0.2) is 0 Å². The summed E-state index contributed by atoms with van der Waals surface area (Å²) in [6.07, 6.45) is 12.0. The van der Waals surface area contributed by atoms with Gasteiger partial charge in [0.2, 0.25) is 0 Å². The third-order valence-electron chi connectivity index (χ3n) is 13.2. The van der Waals surface area contributed by atoms with Gasteiger partial charge in [0.1, 0.15) is 11.2 Å². The molecular formula is C52H60O4. The van der Waals surface area contributed by atoms with E-state index < -0.39 is 22.0 Å². The van der Waals surface area contributed by atoms with Crippen molar-refractivity contribution in [3.8, 4) is 0 Å². The number of carbonyl (C=O) groups is 2. The highest BCUT2D eigenvalue weighted by atomic mass is 16.6. The average Bonchev–Trinajstić information content (AvgIpc) is 3.22. The summed E-state index contributed by atoms with van der Waals surface area (Å²) in [5, 5.41) is 9.80. The predicted octanol–water partition coefficient (Wildman–Crippen LogP) is 14.3. The van der Waals surface area contributed by atoms with Crippen molar-refractivity contribution in [1.29, 1.82) is 0 Å². The van der Waals surface area contributed by atoms with Crippen LogP contribution in [0.5, 0.6) is 0 Å². The minimum Gasteiger partial charge on any atom is -0.454 e. The van der Waals surface area contributed by atoms with Crippen molar-refractivity contribution in [1.82, 2.24) is 0 Å². The molecule has 0 unspecified atom stereocenters. The molecular weight excluding hydrogens is 689 g/mol. The maximum atomic E-state index is 13.2. The number of hydrogen-bond acceptors (Lipinski definition) is 4. The first-order valence-electron chi connectivity index (χ1n) is 21.2. The number of benzene rings is 6. The van der Waals surface area contributed by atoms with Crippen LogP contribution in [-0.2, 0) is 30.3 Å². The van der Waals surface area contributed by atoms with E-state index in [4.69, 9.17) is 9.47 Å². The molecule has 4 nitrogen and oxygen atoms in total. The largest absolute Gasteiger partial charge is 0.454 e. The van der Waals surface area contributed by atoms with Crippen LogP contribution in [0.15, 0.2) is 109 Å². The van der Waals surface area contributed by atoms with Crippen LogP contribution in [0.4, 0.5) is 0 Å². The second-order valence-electron chi connectivity index (χ2n) is 17.8. The monoisotopic (exact) mass is 748 g/mol. The van der Waals surface area contributed by atoms with Crippen molar-refractivity contribution in [2.45, 2.75) is 130 Å². The molecule has 4 heteroatoms. The van der Waals surface area contributed by atoms with Crippen LogP contribution in [0.1, 0.15) is 130 Å². The highest BCUT2D eigenvalue weighted by Gasteiger charge is 2.44. The molecule has 0 aromatic heterocycles. The molecule has 0 bridgehead atoms. The molecule has 6 aromatic carbocycles. The van der Waals surface area contributed by atoms with Crippen molar-refractivity contribution in [2.24, 2.45) is 10.8 Å². The van der Waals surface area contributed by atoms with E-state index in [-0.39, 0.29) is 11.9 Å². The molecule has 8 rings (SSSR count). The van der Waals surface area contributed by atoms with Crippen LogP contribution in [0.3, 0.4) is 0 Å². The molecule has 0 spiro atoms. The van der Waals surface area contributed by atoms with Crippen molar-refractivity contribution in [3.05, 3.63) is 120 Å². The molecule has 0 N–H and O–H groups in total. The lowest BCUT2D eigenvalue weighted by Gasteiger charge is -2.40. The summed E-state index contributed by atoms with van der Waals surface area (Å²) >= 11 is 0. The van der Waals surface area contributed by atoms with Crippen molar-refractivity contribution < 1.29 is 19.1 Å². The Morgan fingerprint density at radius 2 is 0.875 bits per heavy atom. The number of rotatable bonds is 8. The molecule has 0 aliphatic heterocycles. The van der Waals surface area contributed by atoms with E-state index in [1.165, 1.54) is 61.5 Å². The quantitative estimate of drug-likeness (QED) is 0.115. The fraction of sp³-hybridized carbons (Fsp3) is 0.423. The molecule has 6 aromatic rings. The Labute approximate surface area is 334 Å². The van der Waals surface area contributed by atoms with Gasteiger partial charge in [-0.2, -0.15) is 0 Å². The summed E-state index contributed by atoms with van der Waals surface area (Å²) in [7, 11) is 0. The zero-order valence-electron chi connectivity index (χ0n) is 34.5. The number of ether oxygens (including phenoxy) is 2. The van der Waals surface area contributed by atoms with E-state index in [9.17, 15) is 9.59 Å².